The minimum Gasteiger partial charge on any atom is -0.457 e. The molecule has 1 aliphatic rings. The number of hydrogen-bond acceptors (Lipinski definition) is 3. The van der Waals surface area contributed by atoms with Gasteiger partial charge in [-0.25, -0.2) is 0 Å². The normalized spacial score (nSPS) is 13.5. The molecule has 0 atom stereocenters. The van der Waals surface area contributed by atoms with Crippen molar-refractivity contribution in [3.63, 3.8) is 0 Å². The standard InChI is InChI=1S/C30H25Cl3N2O/c1-21(22-10-12-27(13-11-22)36-26-8-3-2-4-9-26)34-14-16-35(17-15-34)30-28(19-25(32)20-29(30)33)23-6-5-7-24(31)18-23/h2-13,18-20H,1,14-17H2. The van der Waals surface area contributed by atoms with Gasteiger partial charge in [-0.05, 0) is 71.8 Å². The van der Waals surface area contributed by atoms with Crippen LogP contribution in [0.4, 0.5) is 5.69 Å². The van der Waals surface area contributed by atoms with Crippen LogP contribution in [-0.2, 0) is 0 Å². The fourth-order valence-corrected chi connectivity index (χ4v) is 5.29. The number of halogens is 3. The summed E-state index contributed by atoms with van der Waals surface area (Å²) in [6.45, 7) is 7.65. The second-order valence-electron chi connectivity index (χ2n) is 8.65. The molecule has 182 valence electrons. The summed E-state index contributed by atoms with van der Waals surface area (Å²) in [5.74, 6) is 1.62. The van der Waals surface area contributed by atoms with Gasteiger partial charge in [0.1, 0.15) is 11.5 Å². The molecule has 0 aliphatic carbocycles. The summed E-state index contributed by atoms with van der Waals surface area (Å²) in [7, 11) is 0. The molecule has 1 fully saturated rings. The molecule has 1 aliphatic heterocycles. The van der Waals surface area contributed by atoms with Gasteiger partial charge in [0, 0.05) is 47.5 Å². The lowest BCUT2D eigenvalue weighted by atomic mass is 10.0. The summed E-state index contributed by atoms with van der Waals surface area (Å²) >= 11 is 19.4. The third-order valence-corrected chi connectivity index (χ3v) is 7.05. The average Bonchev–Trinajstić information content (AvgIpc) is 2.89. The molecule has 3 nitrogen and oxygen atoms in total. The quantitative estimate of drug-likeness (QED) is 0.245. The van der Waals surface area contributed by atoms with Crippen molar-refractivity contribution >= 4 is 46.2 Å². The van der Waals surface area contributed by atoms with Crippen LogP contribution in [0.1, 0.15) is 5.56 Å². The van der Waals surface area contributed by atoms with Gasteiger partial charge in [0.2, 0.25) is 0 Å². The van der Waals surface area contributed by atoms with Crippen molar-refractivity contribution < 1.29 is 4.74 Å². The van der Waals surface area contributed by atoms with Crippen molar-refractivity contribution in [1.29, 1.82) is 0 Å². The lowest BCUT2D eigenvalue weighted by Gasteiger charge is -2.39. The van der Waals surface area contributed by atoms with E-state index >= 15 is 0 Å². The highest BCUT2D eigenvalue weighted by Gasteiger charge is 2.24. The van der Waals surface area contributed by atoms with E-state index in [4.69, 9.17) is 39.5 Å². The van der Waals surface area contributed by atoms with Crippen molar-refractivity contribution in [2.45, 2.75) is 0 Å². The molecule has 0 spiro atoms. The summed E-state index contributed by atoms with van der Waals surface area (Å²) in [5, 5.41) is 1.92. The Balaban J connectivity index is 1.29. The molecule has 1 heterocycles. The fourth-order valence-electron chi connectivity index (χ4n) is 4.49. The van der Waals surface area contributed by atoms with Gasteiger partial charge in [0.25, 0.3) is 0 Å². The zero-order chi connectivity index (χ0) is 25.1. The summed E-state index contributed by atoms with van der Waals surface area (Å²) in [6, 6.07) is 29.4. The minimum absolute atomic E-state index is 0.602. The van der Waals surface area contributed by atoms with Gasteiger partial charge in [0.05, 0.1) is 10.7 Å². The Morgan fingerprint density at radius 2 is 1.39 bits per heavy atom. The molecule has 0 aromatic heterocycles. The zero-order valence-electron chi connectivity index (χ0n) is 19.6. The predicted octanol–water partition coefficient (Wildman–Crippen LogP) is 8.90. The molecule has 36 heavy (non-hydrogen) atoms. The number of para-hydroxylation sites is 1. The van der Waals surface area contributed by atoms with E-state index in [2.05, 4.69) is 28.5 Å². The van der Waals surface area contributed by atoms with Gasteiger partial charge in [-0.1, -0.05) is 71.7 Å². The first kappa shape index (κ1) is 24.6. The Morgan fingerprint density at radius 3 is 2.08 bits per heavy atom. The van der Waals surface area contributed by atoms with Gasteiger partial charge >= 0.3 is 0 Å². The predicted molar refractivity (Wildman–Crippen MR) is 153 cm³/mol. The topological polar surface area (TPSA) is 15.7 Å². The first-order valence-corrected chi connectivity index (χ1v) is 12.9. The highest BCUT2D eigenvalue weighted by atomic mass is 35.5. The molecule has 0 unspecified atom stereocenters. The summed E-state index contributed by atoms with van der Waals surface area (Å²) < 4.78 is 5.92. The number of ether oxygens (including phenoxy) is 1. The highest BCUT2D eigenvalue weighted by Crippen LogP contribution is 2.41. The molecule has 0 bridgehead atoms. The van der Waals surface area contributed by atoms with Crippen LogP contribution >= 0.6 is 34.8 Å². The molecule has 6 heteroatoms. The van der Waals surface area contributed by atoms with E-state index in [1.807, 2.05) is 72.8 Å². The lowest BCUT2D eigenvalue weighted by Crippen LogP contribution is -2.45. The zero-order valence-corrected chi connectivity index (χ0v) is 21.9. The van der Waals surface area contributed by atoms with Crippen LogP contribution in [0.25, 0.3) is 16.8 Å². The van der Waals surface area contributed by atoms with Crippen LogP contribution in [0.5, 0.6) is 11.5 Å². The maximum atomic E-state index is 6.72. The van der Waals surface area contributed by atoms with E-state index in [9.17, 15) is 0 Å². The fraction of sp³-hybridized carbons (Fsp3) is 0.133. The average molecular weight is 536 g/mol. The molecule has 4 aromatic carbocycles. The molecule has 0 N–H and O–H groups in total. The molecule has 1 saturated heterocycles. The molecular weight excluding hydrogens is 511 g/mol. The monoisotopic (exact) mass is 534 g/mol. The van der Waals surface area contributed by atoms with Crippen LogP contribution in [-0.4, -0.2) is 31.1 Å². The molecular formula is C30H25Cl3N2O. The molecule has 0 saturated carbocycles. The Hall–Kier alpha value is -3.11. The van der Waals surface area contributed by atoms with Crippen LogP contribution in [0.3, 0.4) is 0 Å². The van der Waals surface area contributed by atoms with E-state index in [1.165, 1.54) is 0 Å². The first-order valence-electron chi connectivity index (χ1n) is 11.7. The second-order valence-corrected chi connectivity index (χ2v) is 9.93. The summed E-state index contributed by atoms with van der Waals surface area (Å²) in [5.41, 5.74) is 5.03. The SMILES string of the molecule is C=C(c1ccc(Oc2ccccc2)cc1)N1CCN(c2c(Cl)cc(Cl)cc2-c2cccc(Cl)c2)CC1. The van der Waals surface area contributed by atoms with E-state index in [-0.39, 0.29) is 0 Å². The van der Waals surface area contributed by atoms with Crippen LogP contribution in [0.2, 0.25) is 15.1 Å². The number of benzene rings is 4. The van der Waals surface area contributed by atoms with E-state index in [1.54, 1.807) is 6.07 Å². The highest BCUT2D eigenvalue weighted by molar-refractivity contribution is 6.37. The van der Waals surface area contributed by atoms with Crippen LogP contribution in [0, 0.1) is 0 Å². The molecule has 5 rings (SSSR count). The number of piperazine rings is 1. The molecule has 0 amide bonds. The van der Waals surface area contributed by atoms with Gasteiger partial charge in [-0.3, -0.25) is 0 Å². The van der Waals surface area contributed by atoms with E-state index in [0.717, 1.165) is 65.8 Å². The Kier molecular flexibility index (Phi) is 7.43. The summed E-state index contributed by atoms with van der Waals surface area (Å²) in [4.78, 5) is 4.63. The number of anilines is 1. The number of hydrogen-bond donors (Lipinski definition) is 0. The number of rotatable bonds is 6. The smallest absolute Gasteiger partial charge is 0.127 e. The number of nitrogens with zero attached hydrogens (tertiary/aromatic N) is 2. The maximum Gasteiger partial charge on any atom is 0.127 e. The second kappa shape index (κ2) is 10.9. The third-order valence-electron chi connectivity index (χ3n) is 6.31. The first-order chi connectivity index (χ1) is 17.5. The largest absolute Gasteiger partial charge is 0.457 e. The van der Waals surface area contributed by atoms with Gasteiger partial charge in [-0.15, -0.1) is 0 Å². The van der Waals surface area contributed by atoms with Gasteiger partial charge < -0.3 is 14.5 Å². The van der Waals surface area contributed by atoms with Crippen molar-refractivity contribution in [3.8, 4) is 22.6 Å². The third kappa shape index (κ3) is 5.49. The Bertz CT molecular complexity index is 1370. The minimum atomic E-state index is 0.602. The Labute approximate surface area is 227 Å². The van der Waals surface area contributed by atoms with E-state index < -0.39 is 0 Å². The molecule has 0 radical (unpaired) electrons. The van der Waals surface area contributed by atoms with Crippen LogP contribution in [0.15, 0.2) is 97.6 Å². The van der Waals surface area contributed by atoms with Crippen molar-refractivity contribution in [2.75, 3.05) is 31.1 Å². The summed E-state index contributed by atoms with van der Waals surface area (Å²) in [6.07, 6.45) is 0. The van der Waals surface area contributed by atoms with Crippen LogP contribution < -0.4 is 9.64 Å². The lowest BCUT2D eigenvalue weighted by molar-refractivity contribution is 0.368. The van der Waals surface area contributed by atoms with Crippen molar-refractivity contribution in [1.82, 2.24) is 4.90 Å². The van der Waals surface area contributed by atoms with Crippen molar-refractivity contribution in [3.05, 3.63) is 118 Å². The van der Waals surface area contributed by atoms with Gasteiger partial charge in [-0.2, -0.15) is 0 Å². The van der Waals surface area contributed by atoms with E-state index in [0.29, 0.717) is 15.1 Å². The van der Waals surface area contributed by atoms with Gasteiger partial charge in [0.15, 0.2) is 0 Å². The Morgan fingerprint density at radius 1 is 0.694 bits per heavy atom. The molecule has 4 aromatic rings. The maximum absolute atomic E-state index is 6.72. The van der Waals surface area contributed by atoms with Crippen molar-refractivity contribution in [2.24, 2.45) is 0 Å².